The van der Waals surface area contributed by atoms with Crippen LogP contribution in [0, 0.1) is 5.92 Å². The van der Waals surface area contributed by atoms with E-state index in [1.807, 2.05) is 4.90 Å². The summed E-state index contributed by atoms with van der Waals surface area (Å²) in [6.07, 6.45) is 6.75. The predicted octanol–water partition coefficient (Wildman–Crippen LogP) is 0.186. The van der Waals surface area contributed by atoms with E-state index >= 15 is 0 Å². The third-order valence-electron chi connectivity index (χ3n) is 5.94. The summed E-state index contributed by atoms with van der Waals surface area (Å²) < 4.78 is 0. The molecule has 0 spiro atoms. The zero-order valence-electron chi connectivity index (χ0n) is 12.8. The van der Waals surface area contributed by atoms with Crippen LogP contribution in [0.3, 0.4) is 0 Å². The monoisotopic (exact) mass is 293 g/mol. The van der Waals surface area contributed by atoms with Gasteiger partial charge in [0.2, 0.25) is 5.91 Å². The molecule has 3 aliphatic heterocycles. The molecule has 1 aliphatic carbocycles. The SMILES string of the molecule is O=C(C1CCCN1C1CCNCC1)N1CC(O)(C2CC2)C1. The molecule has 3 saturated heterocycles. The molecule has 0 bridgehead atoms. The van der Waals surface area contributed by atoms with Gasteiger partial charge in [-0.25, -0.2) is 0 Å². The highest BCUT2D eigenvalue weighted by Gasteiger charge is 2.54. The maximum Gasteiger partial charge on any atom is 0.240 e. The summed E-state index contributed by atoms with van der Waals surface area (Å²) in [7, 11) is 0. The van der Waals surface area contributed by atoms with Crippen LogP contribution >= 0.6 is 0 Å². The summed E-state index contributed by atoms with van der Waals surface area (Å²) in [5, 5.41) is 13.8. The molecule has 118 valence electrons. The van der Waals surface area contributed by atoms with Gasteiger partial charge in [0.25, 0.3) is 0 Å². The van der Waals surface area contributed by atoms with Crippen LogP contribution < -0.4 is 5.32 Å². The van der Waals surface area contributed by atoms with Crippen LogP contribution in [-0.4, -0.2) is 71.2 Å². The number of carbonyl (C=O) groups is 1. The number of carbonyl (C=O) groups excluding carboxylic acids is 1. The predicted molar refractivity (Wildman–Crippen MR) is 79.9 cm³/mol. The Balaban J connectivity index is 1.37. The minimum atomic E-state index is -0.548. The Labute approximate surface area is 126 Å². The van der Waals surface area contributed by atoms with Crippen molar-refractivity contribution >= 4 is 5.91 Å². The van der Waals surface area contributed by atoms with E-state index in [-0.39, 0.29) is 11.9 Å². The van der Waals surface area contributed by atoms with E-state index in [0.29, 0.717) is 25.0 Å². The second-order valence-corrected chi connectivity index (χ2v) is 7.45. The molecular weight excluding hydrogens is 266 g/mol. The van der Waals surface area contributed by atoms with E-state index in [4.69, 9.17) is 0 Å². The van der Waals surface area contributed by atoms with E-state index in [1.54, 1.807) is 0 Å². The minimum Gasteiger partial charge on any atom is -0.386 e. The van der Waals surface area contributed by atoms with E-state index in [0.717, 1.165) is 58.2 Å². The summed E-state index contributed by atoms with van der Waals surface area (Å²) in [4.78, 5) is 17.1. The Bertz CT molecular complexity index is 412. The van der Waals surface area contributed by atoms with Crippen molar-refractivity contribution < 1.29 is 9.90 Å². The van der Waals surface area contributed by atoms with Crippen LogP contribution in [-0.2, 0) is 4.79 Å². The first-order valence-electron chi connectivity index (χ1n) is 8.65. The van der Waals surface area contributed by atoms with Gasteiger partial charge in [0, 0.05) is 6.04 Å². The second-order valence-electron chi connectivity index (χ2n) is 7.45. The molecule has 5 nitrogen and oxygen atoms in total. The molecule has 2 N–H and O–H groups in total. The highest BCUT2D eigenvalue weighted by Crippen LogP contribution is 2.45. The number of nitrogens with zero attached hydrogens (tertiary/aromatic N) is 2. The van der Waals surface area contributed by atoms with E-state index in [2.05, 4.69) is 10.2 Å². The number of β-amino-alcohol motifs (C(OH)–C–C–N with tert-alkyl or cyclic N) is 1. The van der Waals surface area contributed by atoms with Crippen LogP contribution in [0.5, 0.6) is 0 Å². The normalized spacial score (nSPS) is 34.0. The number of hydrogen-bond donors (Lipinski definition) is 2. The van der Waals surface area contributed by atoms with Crippen molar-refractivity contribution in [1.29, 1.82) is 0 Å². The molecule has 0 radical (unpaired) electrons. The molecule has 4 rings (SSSR count). The number of rotatable bonds is 3. The maximum atomic E-state index is 12.8. The van der Waals surface area contributed by atoms with E-state index < -0.39 is 5.60 Å². The minimum absolute atomic E-state index is 0.0804. The van der Waals surface area contributed by atoms with E-state index in [1.165, 1.54) is 0 Å². The Hall–Kier alpha value is -0.650. The second kappa shape index (κ2) is 5.21. The van der Waals surface area contributed by atoms with Crippen molar-refractivity contribution in [2.45, 2.75) is 56.2 Å². The highest BCUT2D eigenvalue weighted by molar-refractivity contribution is 5.83. The van der Waals surface area contributed by atoms with Gasteiger partial charge in [-0.05, 0) is 64.1 Å². The highest BCUT2D eigenvalue weighted by atomic mass is 16.3. The van der Waals surface area contributed by atoms with Crippen molar-refractivity contribution in [2.24, 2.45) is 5.92 Å². The summed E-state index contributed by atoms with van der Waals surface area (Å²) >= 11 is 0. The van der Waals surface area contributed by atoms with Gasteiger partial charge in [-0.15, -0.1) is 0 Å². The molecule has 4 fully saturated rings. The zero-order valence-corrected chi connectivity index (χ0v) is 12.8. The number of hydrogen-bond acceptors (Lipinski definition) is 4. The van der Waals surface area contributed by atoms with Crippen LogP contribution in [0.2, 0.25) is 0 Å². The zero-order chi connectivity index (χ0) is 14.4. The molecular formula is C16H27N3O2. The number of piperidine rings is 1. The molecule has 1 atom stereocenters. The van der Waals surface area contributed by atoms with Gasteiger partial charge in [0.05, 0.1) is 19.1 Å². The molecule has 1 amide bonds. The summed E-state index contributed by atoms with van der Waals surface area (Å²) in [5.74, 6) is 0.738. The average Bonchev–Trinajstić information content (AvgIpc) is 3.22. The molecule has 5 heteroatoms. The first-order valence-corrected chi connectivity index (χ1v) is 8.65. The molecule has 21 heavy (non-hydrogen) atoms. The van der Waals surface area contributed by atoms with Crippen LogP contribution in [0.1, 0.15) is 38.5 Å². The summed E-state index contributed by atoms with van der Waals surface area (Å²) in [5.41, 5.74) is -0.548. The molecule has 4 aliphatic rings. The molecule has 0 aromatic heterocycles. The topological polar surface area (TPSA) is 55.8 Å². The van der Waals surface area contributed by atoms with Gasteiger partial charge in [-0.3, -0.25) is 9.69 Å². The van der Waals surface area contributed by atoms with Crippen molar-refractivity contribution in [2.75, 3.05) is 32.7 Å². The third-order valence-corrected chi connectivity index (χ3v) is 5.94. The lowest BCUT2D eigenvalue weighted by Gasteiger charge is -2.49. The number of likely N-dealkylation sites (tertiary alicyclic amines) is 2. The van der Waals surface area contributed by atoms with Gasteiger partial charge in [0.1, 0.15) is 5.60 Å². The van der Waals surface area contributed by atoms with Crippen molar-refractivity contribution in [1.82, 2.24) is 15.1 Å². The maximum absolute atomic E-state index is 12.8. The third kappa shape index (κ3) is 2.49. The smallest absolute Gasteiger partial charge is 0.240 e. The fraction of sp³-hybridized carbons (Fsp3) is 0.938. The van der Waals surface area contributed by atoms with Crippen molar-refractivity contribution in [3.8, 4) is 0 Å². The average molecular weight is 293 g/mol. The summed E-state index contributed by atoms with van der Waals surface area (Å²) in [6, 6.07) is 0.656. The fourth-order valence-electron chi connectivity index (χ4n) is 4.49. The fourth-order valence-corrected chi connectivity index (χ4v) is 4.49. The lowest BCUT2D eigenvalue weighted by molar-refractivity contribution is -0.164. The Morgan fingerprint density at radius 3 is 2.48 bits per heavy atom. The number of nitrogens with one attached hydrogen (secondary N) is 1. The number of aliphatic hydroxyl groups is 1. The van der Waals surface area contributed by atoms with Crippen molar-refractivity contribution in [3.05, 3.63) is 0 Å². The summed E-state index contributed by atoms with van der Waals surface area (Å²) in [6.45, 7) is 4.38. The van der Waals surface area contributed by atoms with Crippen LogP contribution in [0.4, 0.5) is 0 Å². The first kappa shape index (κ1) is 14.0. The molecule has 0 aromatic carbocycles. The Morgan fingerprint density at radius 1 is 1.10 bits per heavy atom. The lowest BCUT2D eigenvalue weighted by atomic mass is 9.88. The molecule has 3 heterocycles. The quantitative estimate of drug-likeness (QED) is 0.780. The molecule has 1 saturated carbocycles. The van der Waals surface area contributed by atoms with Crippen LogP contribution in [0.25, 0.3) is 0 Å². The van der Waals surface area contributed by atoms with Gasteiger partial charge in [0.15, 0.2) is 0 Å². The molecule has 0 aromatic rings. The van der Waals surface area contributed by atoms with Gasteiger partial charge in [-0.2, -0.15) is 0 Å². The standard InChI is InChI=1S/C16H27N3O2/c20-15(18-10-16(21,11-18)12-3-4-12)14-2-1-9-19(14)13-5-7-17-8-6-13/h12-14,17,21H,1-11H2. The molecule has 1 unspecified atom stereocenters. The van der Waals surface area contributed by atoms with E-state index in [9.17, 15) is 9.90 Å². The van der Waals surface area contributed by atoms with Gasteiger partial charge in [-0.1, -0.05) is 0 Å². The van der Waals surface area contributed by atoms with Gasteiger partial charge >= 0.3 is 0 Å². The first-order chi connectivity index (χ1) is 10.2. The Morgan fingerprint density at radius 2 is 1.81 bits per heavy atom. The Kier molecular flexibility index (Phi) is 3.47. The van der Waals surface area contributed by atoms with Crippen molar-refractivity contribution in [3.63, 3.8) is 0 Å². The van der Waals surface area contributed by atoms with Crippen LogP contribution in [0.15, 0.2) is 0 Å². The largest absolute Gasteiger partial charge is 0.386 e. The van der Waals surface area contributed by atoms with Gasteiger partial charge < -0.3 is 15.3 Å². The number of amides is 1. The lowest BCUT2D eigenvalue weighted by Crippen LogP contribution is -2.67.